The number of hydrogen-bond acceptors (Lipinski definition) is 3. The first-order valence-electron chi connectivity index (χ1n) is 6.78. The second kappa shape index (κ2) is 5.99. The quantitative estimate of drug-likeness (QED) is 0.742. The number of nitrogens with one attached hydrogen (secondary N) is 1. The average Bonchev–Trinajstić information content (AvgIpc) is 3.13. The van der Waals surface area contributed by atoms with Crippen molar-refractivity contribution in [2.75, 3.05) is 33.3 Å². The summed E-state index contributed by atoms with van der Waals surface area (Å²) in [5.41, 5.74) is 0. The van der Waals surface area contributed by atoms with Gasteiger partial charge in [-0.05, 0) is 45.1 Å². The summed E-state index contributed by atoms with van der Waals surface area (Å²) in [6.07, 6.45) is 5.86. The zero-order chi connectivity index (χ0) is 11.4. The lowest BCUT2D eigenvalue weighted by Crippen LogP contribution is -2.43. The molecule has 2 fully saturated rings. The van der Waals surface area contributed by atoms with Crippen molar-refractivity contribution < 1.29 is 4.74 Å². The van der Waals surface area contributed by atoms with Crippen LogP contribution in [0.4, 0.5) is 0 Å². The van der Waals surface area contributed by atoms with E-state index in [1.165, 1.54) is 38.8 Å². The van der Waals surface area contributed by atoms with Gasteiger partial charge in [-0.2, -0.15) is 0 Å². The van der Waals surface area contributed by atoms with Crippen molar-refractivity contribution in [3.8, 4) is 0 Å². The first-order chi connectivity index (χ1) is 7.79. The molecule has 2 atom stereocenters. The predicted octanol–water partition coefficient (Wildman–Crippen LogP) is 1.49. The van der Waals surface area contributed by atoms with Gasteiger partial charge >= 0.3 is 0 Å². The molecule has 94 valence electrons. The van der Waals surface area contributed by atoms with E-state index in [0.717, 1.165) is 25.0 Å². The molecule has 1 saturated carbocycles. The molecule has 0 aromatic heterocycles. The van der Waals surface area contributed by atoms with Gasteiger partial charge in [0.05, 0.1) is 6.10 Å². The van der Waals surface area contributed by atoms with Crippen molar-refractivity contribution in [3.63, 3.8) is 0 Å². The molecular formula is C13H26N2O. The number of hydrogen-bond donors (Lipinski definition) is 1. The van der Waals surface area contributed by atoms with Gasteiger partial charge in [0.1, 0.15) is 0 Å². The molecule has 1 saturated heterocycles. The highest BCUT2D eigenvalue weighted by atomic mass is 16.5. The number of ether oxygens (including phenoxy) is 1. The molecule has 1 aliphatic carbocycles. The van der Waals surface area contributed by atoms with Crippen LogP contribution in [0.2, 0.25) is 0 Å². The fourth-order valence-corrected chi connectivity index (χ4v) is 2.62. The van der Waals surface area contributed by atoms with Crippen LogP contribution in [-0.4, -0.2) is 50.3 Å². The SMILES string of the molecule is COC1CCCN(CCNC(C)C2CC2)C1. The molecular weight excluding hydrogens is 200 g/mol. The molecule has 1 N–H and O–H groups in total. The largest absolute Gasteiger partial charge is 0.380 e. The highest BCUT2D eigenvalue weighted by Crippen LogP contribution is 2.32. The summed E-state index contributed by atoms with van der Waals surface area (Å²) in [6.45, 7) is 7.01. The highest BCUT2D eigenvalue weighted by molar-refractivity contribution is 4.83. The molecule has 3 nitrogen and oxygen atoms in total. The molecule has 2 unspecified atom stereocenters. The number of piperidine rings is 1. The molecule has 0 aromatic carbocycles. The van der Waals surface area contributed by atoms with Crippen molar-refractivity contribution in [1.29, 1.82) is 0 Å². The summed E-state index contributed by atoms with van der Waals surface area (Å²) in [6, 6.07) is 0.725. The van der Waals surface area contributed by atoms with Crippen LogP contribution in [0.25, 0.3) is 0 Å². The fraction of sp³-hybridized carbons (Fsp3) is 1.00. The van der Waals surface area contributed by atoms with Crippen LogP contribution < -0.4 is 5.32 Å². The molecule has 0 aromatic rings. The van der Waals surface area contributed by atoms with Gasteiger partial charge in [0.15, 0.2) is 0 Å². The Morgan fingerprint density at radius 2 is 2.19 bits per heavy atom. The van der Waals surface area contributed by atoms with Gasteiger partial charge in [0.2, 0.25) is 0 Å². The maximum absolute atomic E-state index is 5.43. The zero-order valence-corrected chi connectivity index (χ0v) is 10.7. The van der Waals surface area contributed by atoms with Gasteiger partial charge in [-0.1, -0.05) is 0 Å². The smallest absolute Gasteiger partial charge is 0.0698 e. The Morgan fingerprint density at radius 1 is 1.38 bits per heavy atom. The Hall–Kier alpha value is -0.120. The standard InChI is InChI=1S/C13H26N2O/c1-11(12-5-6-12)14-7-9-15-8-3-4-13(10-15)16-2/h11-14H,3-10H2,1-2H3. The van der Waals surface area contributed by atoms with Crippen LogP contribution in [-0.2, 0) is 4.74 Å². The van der Waals surface area contributed by atoms with Crippen LogP contribution in [0.5, 0.6) is 0 Å². The van der Waals surface area contributed by atoms with Crippen LogP contribution in [0, 0.1) is 5.92 Å². The molecule has 16 heavy (non-hydrogen) atoms. The van der Waals surface area contributed by atoms with Crippen molar-refractivity contribution in [2.45, 2.75) is 44.8 Å². The Labute approximate surface area is 99.5 Å². The van der Waals surface area contributed by atoms with E-state index in [0.29, 0.717) is 6.10 Å². The Kier molecular flexibility index (Phi) is 4.62. The van der Waals surface area contributed by atoms with Crippen molar-refractivity contribution >= 4 is 0 Å². The fourth-order valence-electron chi connectivity index (χ4n) is 2.62. The van der Waals surface area contributed by atoms with E-state index in [1.54, 1.807) is 0 Å². The maximum atomic E-state index is 5.43. The first kappa shape index (κ1) is 12.3. The van der Waals surface area contributed by atoms with Crippen molar-refractivity contribution in [1.82, 2.24) is 10.2 Å². The third kappa shape index (κ3) is 3.72. The summed E-state index contributed by atoms with van der Waals surface area (Å²) in [5.74, 6) is 0.966. The molecule has 2 rings (SSSR count). The summed E-state index contributed by atoms with van der Waals surface area (Å²) >= 11 is 0. The Bertz CT molecular complexity index is 206. The number of likely N-dealkylation sites (tertiary alicyclic amines) is 1. The van der Waals surface area contributed by atoms with Gasteiger partial charge in [-0.25, -0.2) is 0 Å². The minimum Gasteiger partial charge on any atom is -0.380 e. The Morgan fingerprint density at radius 3 is 2.88 bits per heavy atom. The minimum atomic E-state index is 0.467. The van der Waals surface area contributed by atoms with Gasteiger partial charge in [0, 0.05) is 32.8 Å². The van der Waals surface area contributed by atoms with Crippen LogP contribution >= 0.6 is 0 Å². The molecule has 1 aliphatic heterocycles. The number of methoxy groups -OCH3 is 1. The van der Waals surface area contributed by atoms with E-state index < -0.39 is 0 Å². The molecule has 1 heterocycles. The van der Waals surface area contributed by atoms with E-state index in [1.807, 2.05) is 7.11 Å². The number of nitrogens with zero attached hydrogens (tertiary/aromatic N) is 1. The van der Waals surface area contributed by atoms with Crippen molar-refractivity contribution in [2.24, 2.45) is 5.92 Å². The lowest BCUT2D eigenvalue weighted by molar-refractivity contribution is 0.0316. The van der Waals surface area contributed by atoms with E-state index in [-0.39, 0.29) is 0 Å². The van der Waals surface area contributed by atoms with E-state index in [4.69, 9.17) is 4.74 Å². The maximum Gasteiger partial charge on any atom is 0.0698 e. The first-order valence-corrected chi connectivity index (χ1v) is 6.78. The molecule has 0 amide bonds. The molecule has 0 bridgehead atoms. The lowest BCUT2D eigenvalue weighted by Gasteiger charge is -2.32. The monoisotopic (exact) mass is 226 g/mol. The highest BCUT2D eigenvalue weighted by Gasteiger charge is 2.27. The number of rotatable bonds is 6. The zero-order valence-electron chi connectivity index (χ0n) is 10.7. The van der Waals surface area contributed by atoms with Gasteiger partial charge in [0.25, 0.3) is 0 Å². The molecule has 0 spiro atoms. The van der Waals surface area contributed by atoms with Gasteiger partial charge in [-0.15, -0.1) is 0 Å². The second-order valence-corrected chi connectivity index (χ2v) is 5.38. The minimum absolute atomic E-state index is 0.467. The third-order valence-electron chi connectivity index (χ3n) is 4.02. The third-order valence-corrected chi connectivity index (χ3v) is 4.02. The van der Waals surface area contributed by atoms with Crippen molar-refractivity contribution in [3.05, 3.63) is 0 Å². The van der Waals surface area contributed by atoms with E-state index in [9.17, 15) is 0 Å². The lowest BCUT2D eigenvalue weighted by atomic mass is 10.1. The van der Waals surface area contributed by atoms with Crippen LogP contribution in [0.3, 0.4) is 0 Å². The molecule has 3 heteroatoms. The van der Waals surface area contributed by atoms with E-state index in [2.05, 4.69) is 17.1 Å². The van der Waals surface area contributed by atoms with Crippen LogP contribution in [0.15, 0.2) is 0 Å². The van der Waals surface area contributed by atoms with Crippen LogP contribution in [0.1, 0.15) is 32.6 Å². The van der Waals surface area contributed by atoms with E-state index >= 15 is 0 Å². The van der Waals surface area contributed by atoms with Gasteiger partial charge < -0.3 is 10.1 Å². The second-order valence-electron chi connectivity index (χ2n) is 5.38. The normalized spacial score (nSPS) is 29.2. The topological polar surface area (TPSA) is 24.5 Å². The summed E-state index contributed by atoms with van der Waals surface area (Å²) in [4.78, 5) is 2.53. The molecule has 0 radical (unpaired) electrons. The Balaban J connectivity index is 1.57. The average molecular weight is 226 g/mol. The molecule has 2 aliphatic rings. The summed E-state index contributed by atoms with van der Waals surface area (Å²) < 4.78 is 5.43. The summed E-state index contributed by atoms with van der Waals surface area (Å²) in [7, 11) is 1.83. The van der Waals surface area contributed by atoms with Gasteiger partial charge in [-0.3, -0.25) is 4.90 Å². The predicted molar refractivity (Wildman–Crippen MR) is 66.7 cm³/mol. The summed E-state index contributed by atoms with van der Waals surface area (Å²) in [5, 5.41) is 3.64.